The van der Waals surface area contributed by atoms with Crippen LogP contribution in [0.2, 0.25) is 0 Å². The molecule has 8 heteroatoms. The second kappa shape index (κ2) is 6.61. The van der Waals surface area contributed by atoms with Gasteiger partial charge in [-0.1, -0.05) is 26.0 Å². The smallest absolute Gasteiger partial charge is 0.277 e. The molecule has 8 nitrogen and oxygen atoms in total. The molecule has 0 saturated heterocycles. The lowest BCUT2D eigenvalue weighted by Crippen LogP contribution is -2.14. The van der Waals surface area contributed by atoms with Crippen LogP contribution in [0.5, 0.6) is 0 Å². The summed E-state index contributed by atoms with van der Waals surface area (Å²) in [5, 5.41) is 14.5. The van der Waals surface area contributed by atoms with Crippen molar-refractivity contribution in [1.82, 2.24) is 25.2 Å². The molecule has 0 radical (unpaired) electrons. The van der Waals surface area contributed by atoms with E-state index >= 15 is 0 Å². The molecule has 1 aromatic carbocycles. The second-order valence-electron chi connectivity index (χ2n) is 5.57. The van der Waals surface area contributed by atoms with Crippen LogP contribution in [-0.4, -0.2) is 31.1 Å². The molecule has 1 amide bonds. The van der Waals surface area contributed by atoms with Crippen LogP contribution in [-0.2, 0) is 6.54 Å². The van der Waals surface area contributed by atoms with Gasteiger partial charge in [-0.25, -0.2) is 9.67 Å². The number of hydrogen-bond acceptors (Lipinski definition) is 6. The average molecular weight is 326 g/mol. The van der Waals surface area contributed by atoms with E-state index in [1.54, 1.807) is 10.7 Å². The summed E-state index contributed by atoms with van der Waals surface area (Å²) in [6.07, 6.45) is 1.29. The minimum atomic E-state index is -0.306. The Morgan fingerprint density at radius 3 is 2.96 bits per heavy atom. The molecule has 3 aromatic rings. The maximum atomic E-state index is 12.4. The lowest BCUT2D eigenvalue weighted by atomic mass is 10.1. The monoisotopic (exact) mass is 326 g/mol. The standard InChI is InChI=1S/C16H18N6O2/c1-4-22-15(19-20-21-22)11-6-5-7-12(8-11)18-16(23)13-14(10(2)3)24-9-17-13/h5-10H,4H2,1-3H3,(H,18,23). The molecule has 0 aliphatic carbocycles. The Labute approximate surface area is 138 Å². The highest BCUT2D eigenvalue weighted by Gasteiger charge is 2.19. The van der Waals surface area contributed by atoms with Crippen LogP contribution in [0, 0.1) is 0 Å². The first-order valence-corrected chi connectivity index (χ1v) is 7.71. The van der Waals surface area contributed by atoms with Gasteiger partial charge in [0.2, 0.25) is 0 Å². The van der Waals surface area contributed by atoms with Gasteiger partial charge in [0.15, 0.2) is 17.9 Å². The minimum Gasteiger partial charge on any atom is -0.447 e. The molecule has 0 spiro atoms. The summed E-state index contributed by atoms with van der Waals surface area (Å²) in [7, 11) is 0. The molecular formula is C16H18N6O2. The van der Waals surface area contributed by atoms with Gasteiger partial charge in [-0.05, 0) is 29.5 Å². The highest BCUT2D eigenvalue weighted by atomic mass is 16.3. The van der Waals surface area contributed by atoms with Crippen molar-refractivity contribution in [2.24, 2.45) is 0 Å². The van der Waals surface area contributed by atoms with Crippen molar-refractivity contribution < 1.29 is 9.21 Å². The molecule has 0 atom stereocenters. The Bertz CT molecular complexity index is 852. The highest BCUT2D eigenvalue weighted by molar-refractivity contribution is 6.03. The summed E-state index contributed by atoms with van der Waals surface area (Å²) in [6.45, 7) is 6.52. The van der Waals surface area contributed by atoms with Crippen LogP contribution in [0.3, 0.4) is 0 Å². The first-order valence-electron chi connectivity index (χ1n) is 7.71. The third kappa shape index (κ3) is 3.03. The number of hydrogen-bond donors (Lipinski definition) is 1. The van der Waals surface area contributed by atoms with Crippen LogP contribution in [0.4, 0.5) is 5.69 Å². The Hall–Kier alpha value is -3.03. The van der Waals surface area contributed by atoms with E-state index in [4.69, 9.17) is 4.42 Å². The fourth-order valence-corrected chi connectivity index (χ4v) is 2.39. The van der Waals surface area contributed by atoms with Crippen molar-refractivity contribution in [1.29, 1.82) is 0 Å². The Balaban J connectivity index is 1.85. The number of rotatable bonds is 5. The number of carbonyl (C=O) groups excluding carboxylic acids is 1. The van der Waals surface area contributed by atoms with Gasteiger partial charge in [0.05, 0.1) is 0 Å². The number of amides is 1. The summed E-state index contributed by atoms with van der Waals surface area (Å²) in [6, 6.07) is 7.36. The average Bonchev–Trinajstić information content (AvgIpc) is 3.24. The molecule has 0 unspecified atom stereocenters. The van der Waals surface area contributed by atoms with Gasteiger partial charge in [-0.2, -0.15) is 0 Å². The number of oxazole rings is 1. The fourth-order valence-electron chi connectivity index (χ4n) is 2.39. The normalized spacial score (nSPS) is 11.0. The Kier molecular flexibility index (Phi) is 4.37. The first-order chi connectivity index (χ1) is 11.6. The van der Waals surface area contributed by atoms with E-state index in [9.17, 15) is 4.79 Å². The predicted molar refractivity (Wildman–Crippen MR) is 87.5 cm³/mol. The summed E-state index contributed by atoms with van der Waals surface area (Å²) >= 11 is 0. The van der Waals surface area contributed by atoms with Gasteiger partial charge < -0.3 is 9.73 Å². The van der Waals surface area contributed by atoms with Gasteiger partial charge in [0.1, 0.15) is 5.76 Å². The molecule has 3 rings (SSSR count). The molecule has 0 aliphatic rings. The number of benzene rings is 1. The molecule has 0 aliphatic heterocycles. The maximum Gasteiger partial charge on any atom is 0.277 e. The van der Waals surface area contributed by atoms with Crippen LogP contribution >= 0.6 is 0 Å². The molecule has 2 aromatic heterocycles. The number of aryl methyl sites for hydroxylation is 1. The van der Waals surface area contributed by atoms with E-state index in [2.05, 4.69) is 25.8 Å². The van der Waals surface area contributed by atoms with Gasteiger partial charge in [-0.3, -0.25) is 4.79 Å². The minimum absolute atomic E-state index is 0.0776. The fraction of sp³-hybridized carbons (Fsp3) is 0.312. The van der Waals surface area contributed by atoms with Crippen LogP contribution in [0.15, 0.2) is 35.1 Å². The van der Waals surface area contributed by atoms with Gasteiger partial charge >= 0.3 is 0 Å². The van der Waals surface area contributed by atoms with Crippen molar-refractivity contribution in [3.63, 3.8) is 0 Å². The topological polar surface area (TPSA) is 98.7 Å². The third-order valence-electron chi connectivity index (χ3n) is 3.54. The zero-order valence-electron chi connectivity index (χ0n) is 13.7. The summed E-state index contributed by atoms with van der Waals surface area (Å²) in [4.78, 5) is 16.5. The van der Waals surface area contributed by atoms with Crippen molar-refractivity contribution in [3.8, 4) is 11.4 Å². The molecule has 1 N–H and O–H groups in total. The van der Waals surface area contributed by atoms with Gasteiger partial charge in [0.25, 0.3) is 5.91 Å². The molecule has 0 fully saturated rings. The SMILES string of the molecule is CCn1nnnc1-c1cccc(NC(=O)c2ncoc2C(C)C)c1. The Morgan fingerprint density at radius 2 is 2.21 bits per heavy atom. The third-order valence-corrected chi connectivity index (χ3v) is 3.54. The molecule has 2 heterocycles. The van der Waals surface area contributed by atoms with E-state index in [1.165, 1.54) is 6.39 Å². The van der Waals surface area contributed by atoms with Crippen molar-refractivity contribution in [3.05, 3.63) is 42.1 Å². The molecule has 24 heavy (non-hydrogen) atoms. The Morgan fingerprint density at radius 1 is 1.38 bits per heavy atom. The quantitative estimate of drug-likeness (QED) is 0.774. The summed E-state index contributed by atoms with van der Waals surface area (Å²) in [5.74, 6) is 0.991. The molecular weight excluding hydrogens is 308 g/mol. The van der Waals surface area contributed by atoms with E-state index in [1.807, 2.05) is 39.0 Å². The van der Waals surface area contributed by atoms with Crippen molar-refractivity contribution in [2.75, 3.05) is 5.32 Å². The summed E-state index contributed by atoms with van der Waals surface area (Å²) in [5.41, 5.74) is 1.76. The van der Waals surface area contributed by atoms with Crippen LogP contribution in [0.1, 0.15) is 42.9 Å². The van der Waals surface area contributed by atoms with E-state index < -0.39 is 0 Å². The van der Waals surface area contributed by atoms with Crippen molar-refractivity contribution in [2.45, 2.75) is 33.2 Å². The van der Waals surface area contributed by atoms with Crippen LogP contribution < -0.4 is 5.32 Å². The number of anilines is 1. The highest BCUT2D eigenvalue weighted by Crippen LogP contribution is 2.22. The zero-order valence-corrected chi connectivity index (χ0v) is 13.7. The number of nitrogens with zero attached hydrogens (tertiary/aromatic N) is 5. The van der Waals surface area contributed by atoms with Crippen molar-refractivity contribution >= 4 is 11.6 Å². The van der Waals surface area contributed by atoms with Crippen LogP contribution in [0.25, 0.3) is 11.4 Å². The lowest BCUT2D eigenvalue weighted by molar-refractivity contribution is 0.102. The number of nitrogens with one attached hydrogen (secondary N) is 1. The molecule has 124 valence electrons. The number of aromatic nitrogens is 5. The van der Waals surface area contributed by atoms with E-state index in [-0.39, 0.29) is 11.8 Å². The van der Waals surface area contributed by atoms with Gasteiger partial charge in [-0.15, -0.1) is 5.10 Å². The zero-order chi connectivity index (χ0) is 17.1. The van der Waals surface area contributed by atoms with E-state index in [0.29, 0.717) is 29.5 Å². The van der Waals surface area contributed by atoms with Gasteiger partial charge in [0, 0.05) is 23.7 Å². The second-order valence-corrected chi connectivity index (χ2v) is 5.57. The molecule has 0 saturated carbocycles. The summed E-state index contributed by atoms with van der Waals surface area (Å²) < 4.78 is 6.99. The first kappa shape index (κ1) is 15.9. The van der Waals surface area contributed by atoms with E-state index in [0.717, 1.165) is 5.56 Å². The largest absolute Gasteiger partial charge is 0.447 e. The number of tetrazole rings is 1. The number of carbonyl (C=O) groups is 1. The lowest BCUT2D eigenvalue weighted by Gasteiger charge is -2.08. The maximum absolute atomic E-state index is 12.4. The molecule has 0 bridgehead atoms. The predicted octanol–water partition coefficient (Wildman–Crippen LogP) is 2.72.